The molecule has 0 spiro atoms. The first-order chi connectivity index (χ1) is 9.22. The first-order valence-electron chi connectivity index (χ1n) is 7.24. The zero-order valence-corrected chi connectivity index (χ0v) is 12.2. The van der Waals surface area contributed by atoms with Crippen LogP contribution in [-0.4, -0.2) is 25.9 Å². The summed E-state index contributed by atoms with van der Waals surface area (Å²) >= 11 is 0. The van der Waals surface area contributed by atoms with Crippen molar-refractivity contribution in [2.24, 2.45) is 0 Å². The molecule has 19 heavy (non-hydrogen) atoms. The van der Waals surface area contributed by atoms with Gasteiger partial charge in [0.15, 0.2) is 0 Å². The molecule has 1 fully saturated rings. The average molecular weight is 263 g/mol. The Morgan fingerprint density at radius 1 is 1.47 bits per heavy atom. The van der Waals surface area contributed by atoms with E-state index in [-0.39, 0.29) is 0 Å². The van der Waals surface area contributed by atoms with E-state index in [0.29, 0.717) is 18.2 Å². The van der Waals surface area contributed by atoms with Gasteiger partial charge in [-0.1, -0.05) is 19.1 Å². The molecule has 0 aliphatic carbocycles. The van der Waals surface area contributed by atoms with Gasteiger partial charge in [0.25, 0.3) is 0 Å². The number of rotatable bonds is 5. The van der Waals surface area contributed by atoms with Gasteiger partial charge in [-0.15, -0.1) is 0 Å². The molecule has 2 rings (SSSR count). The van der Waals surface area contributed by atoms with Crippen LogP contribution in [-0.2, 0) is 4.74 Å². The van der Waals surface area contributed by atoms with E-state index in [0.717, 1.165) is 31.6 Å². The Balaban J connectivity index is 1.94. The minimum absolute atomic E-state index is 0.343. The van der Waals surface area contributed by atoms with Crippen molar-refractivity contribution in [3.05, 3.63) is 29.8 Å². The van der Waals surface area contributed by atoms with Gasteiger partial charge in [0.05, 0.1) is 13.2 Å². The molecule has 1 N–H and O–H groups in total. The Labute approximate surface area is 116 Å². The standard InChI is InChI=1S/C16H25NO2/c1-4-15-11-14(8-9-19-15)17-12(2)13-6-5-7-16(10-13)18-3/h5-7,10,12,14-15,17H,4,8-9,11H2,1-3H3/t12-,14?,15?/m1/s1. The molecule has 0 bridgehead atoms. The van der Waals surface area contributed by atoms with Gasteiger partial charge < -0.3 is 14.8 Å². The van der Waals surface area contributed by atoms with Crippen molar-refractivity contribution in [2.45, 2.75) is 51.3 Å². The Bertz CT molecular complexity index is 394. The lowest BCUT2D eigenvalue weighted by molar-refractivity contribution is -0.00165. The van der Waals surface area contributed by atoms with E-state index in [4.69, 9.17) is 9.47 Å². The van der Waals surface area contributed by atoms with Gasteiger partial charge in [-0.25, -0.2) is 0 Å². The quantitative estimate of drug-likeness (QED) is 0.884. The average Bonchev–Trinajstić information content (AvgIpc) is 2.47. The predicted molar refractivity (Wildman–Crippen MR) is 77.6 cm³/mol. The second-order valence-corrected chi connectivity index (χ2v) is 5.29. The lowest BCUT2D eigenvalue weighted by atomic mass is 9.99. The van der Waals surface area contributed by atoms with Crippen LogP contribution in [0.1, 0.15) is 44.7 Å². The van der Waals surface area contributed by atoms with Gasteiger partial charge in [0.2, 0.25) is 0 Å². The lowest BCUT2D eigenvalue weighted by Gasteiger charge is -2.32. The number of hydrogen-bond donors (Lipinski definition) is 1. The second kappa shape index (κ2) is 6.92. The molecule has 1 aliphatic heterocycles. The Morgan fingerprint density at radius 3 is 3.05 bits per heavy atom. The summed E-state index contributed by atoms with van der Waals surface area (Å²) in [5, 5.41) is 3.72. The van der Waals surface area contributed by atoms with Crippen LogP contribution in [0.5, 0.6) is 5.75 Å². The number of methoxy groups -OCH3 is 1. The van der Waals surface area contributed by atoms with Crippen LogP contribution in [0.3, 0.4) is 0 Å². The van der Waals surface area contributed by atoms with E-state index in [9.17, 15) is 0 Å². The molecule has 3 heteroatoms. The maximum absolute atomic E-state index is 5.72. The van der Waals surface area contributed by atoms with E-state index in [1.165, 1.54) is 5.56 Å². The second-order valence-electron chi connectivity index (χ2n) is 5.29. The summed E-state index contributed by atoms with van der Waals surface area (Å²) in [5.41, 5.74) is 1.28. The number of hydrogen-bond acceptors (Lipinski definition) is 3. The van der Waals surface area contributed by atoms with Gasteiger partial charge in [-0.2, -0.15) is 0 Å². The van der Waals surface area contributed by atoms with Gasteiger partial charge >= 0.3 is 0 Å². The molecular weight excluding hydrogens is 238 g/mol. The van der Waals surface area contributed by atoms with Crippen molar-refractivity contribution < 1.29 is 9.47 Å². The maximum Gasteiger partial charge on any atom is 0.119 e. The largest absolute Gasteiger partial charge is 0.497 e. The van der Waals surface area contributed by atoms with E-state index in [2.05, 4.69) is 31.3 Å². The first-order valence-corrected chi connectivity index (χ1v) is 7.24. The third-order valence-corrected chi connectivity index (χ3v) is 3.90. The van der Waals surface area contributed by atoms with Crippen molar-refractivity contribution in [3.63, 3.8) is 0 Å². The minimum atomic E-state index is 0.343. The molecule has 0 amide bonds. The van der Waals surface area contributed by atoms with Crippen molar-refractivity contribution in [2.75, 3.05) is 13.7 Å². The highest BCUT2D eigenvalue weighted by Crippen LogP contribution is 2.22. The summed E-state index contributed by atoms with van der Waals surface area (Å²) < 4.78 is 11.0. The normalized spacial score (nSPS) is 25.0. The molecule has 3 atom stereocenters. The highest BCUT2D eigenvalue weighted by molar-refractivity contribution is 5.30. The molecular formula is C16H25NO2. The molecule has 1 aromatic rings. The summed E-state index contributed by atoms with van der Waals surface area (Å²) in [6, 6.07) is 9.18. The maximum atomic E-state index is 5.72. The highest BCUT2D eigenvalue weighted by atomic mass is 16.5. The Hall–Kier alpha value is -1.06. The monoisotopic (exact) mass is 263 g/mol. The zero-order chi connectivity index (χ0) is 13.7. The number of ether oxygens (including phenoxy) is 2. The molecule has 2 unspecified atom stereocenters. The Kier molecular flexibility index (Phi) is 5.23. The van der Waals surface area contributed by atoms with Gasteiger partial charge in [0, 0.05) is 18.7 Å². The topological polar surface area (TPSA) is 30.5 Å². The van der Waals surface area contributed by atoms with E-state index in [1.54, 1.807) is 7.11 Å². The van der Waals surface area contributed by atoms with Crippen LogP contribution < -0.4 is 10.1 Å². The van der Waals surface area contributed by atoms with Crippen LogP contribution in [0.25, 0.3) is 0 Å². The lowest BCUT2D eigenvalue weighted by Crippen LogP contribution is -2.39. The summed E-state index contributed by atoms with van der Waals surface area (Å²) in [4.78, 5) is 0. The van der Waals surface area contributed by atoms with Crippen molar-refractivity contribution in [1.82, 2.24) is 5.32 Å². The van der Waals surface area contributed by atoms with E-state index >= 15 is 0 Å². The van der Waals surface area contributed by atoms with Gasteiger partial charge in [-0.3, -0.25) is 0 Å². The molecule has 3 nitrogen and oxygen atoms in total. The van der Waals surface area contributed by atoms with Crippen LogP contribution >= 0.6 is 0 Å². The molecule has 106 valence electrons. The van der Waals surface area contributed by atoms with Crippen LogP contribution in [0.4, 0.5) is 0 Å². The SMILES string of the molecule is CCC1CC(N[C@H](C)c2cccc(OC)c2)CCO1. The molecule has 1 aromatic carbocycles. The summed E-state index contributed by atoms with van der Waals surface area (Å²) in [5.74, 6) is 0.921. The smallest absolute Gasteiger partial charge is 0.119 e. The predicted octanol–water partition coefficient (Wildman–Crippen LogP) is 3.30. The van der Waals surface area contributed by atoms with Crippen molar-refractivity contribution >= 4 is 0 Å². The highest BCUT2D eigenvalue weighted by Gasteiger charge is 2.22. The van der Waals surface area contributed by atoms with E-state index in [1.807, 2.05) is 12.1 Å². The molecule has 0 saturated carbocycles. The fraction of sp³-hybridized carbons (Fsp3) is 0.625. The fourth-order valence-corrected chi connectivity index (χ4v) is 2.68. The van der Waals surface area contributed by atoms with Crippen LogP contribution in [0.15, 0.2) is 24.3 Å². The van der Waals surface area contributed by atoms with Gasteiger partial charge in [0.1, 0.15) is 5.75 Å². The van der Waals surface area contributed by atoms with Crippen molar-refractivity contribution in [1.29, 1.82) is 0 Å². The van der Waals surface area contributed by atoms with Crippen LogP contribution in [0, 0.1) is 0 Å². The summed E-state index contributed by atoms with van der Waals surface area (Å²) in [6.07, 6.45) is 3.74. The number of benzene rings is 1. The van der Waals surface area contributed by atoms with E-state index < -0.39 is 0 Å². The molecule has 0 aromatic heterocycles. The summed E-state index contributed by atoms with van der Waals surface area (Å²) in [7, 11) is 1.71. The van der Waals surface area contributed by atoms with Gasteiger partial charge in [-0.05, 0) is 43.9 Å². The third kappa shape index (κ3) is 3.95. The third-order valence-electron chi connectivity index (χ3n) is 3.90. The minimum Gasteiger partial charge on any atom is -0.497 e. The first kappa shape index (κ1) is 14.4. The van der Waals surface area contributed by atoms with Crippen molar-refractivity contribution in [3.8, 4) is 5.75 Å². The zero-order valence-electron chi connectivity index (χ0n) is 12.2. The molecule has 1 aliphatic rings. The summed E-state index contributed by atoms with van der Waals surface area (Å²) in [6.45, 7) is 5.28. The van der Waals surface area contributed by atoms with Crippen LogP contribution in [0.2, 0.25) is 0 Å². The molecule has 1 heterocycles. The molecule has 1 saturated heterocycles. The fourth-order valence-electron chi connectivity index (χ4n) is 2.68. The Morgan fingerprint density at radius 2 is 2.32 bits per heavy atom. The number of nitrogens with one attached hydrogen (secondary N) is 1. The molecule has 0 radical (unpaired) electrons.